The molecule has 2 aliphatic heterocycles. The zero-order valence-corrected chi connectivity index (χ0v) is 11.7. The first-order valence-electron chi connectivity index (χ1n) is 7.37. The summed E-state index contributed by atoms with van der Waals surface area (Å²) in [6.07, 6.45) is 7.09. The normalized spacial score (nSPS) is 40.2. The number of benzene rings is 1. The zero-order chi connectivity index (χ0) is 12.8. The van der Waals surface area contributed by atoms with Crippen molar-refractivity contribution >= 4 is 11.6 Å². The molecule has 4 aliphatic rings. The highest BCUT2D eigenvalue weighted by atomic mass is 35.5. The van der Waals surface area contributed by atoms with Crippen LogP contribution in [-0.2, 0) is 4.74 Å². The monoisotopic (exact) mass is 278 g/mol. The second-order valence-electron chi connectivity index (χ2n) is 6.22. The third kappa shape index (κ3) is 2.15. The van der Waals surface area contributed by atoms with Crippen LogP contribution in [0.3, 0.4) is 0 Å². The molecule has 5 atom stereocenters. The van der Waals surface area contributed by atoms with Crippen LogP contribution in [0.1, 0.15) is 32.1 Å². The summed E-state index contributed by atoms with van der Waals surface area (Å²) in [5, 5.41) is 0.743. The maximum Gasteiger partial charge on any atom is 0.202 e. The third-order valence-corrected chi connectivity index (χ3v) is 5.28. The van der Waals surface area contributed by atoms with Crippen LogP contribution in [0.25, 0.3) is 0 Å². The molecule has 1 aromatic carbocycles. The minimum atomic E-state index is -0.0447. The molecule has 0 amide bonds. The molecule has 102 valence electrons. The molecule has 2 heterocycles. The highest BCUT2D eigenvalue weighted by Gasteiger charge is 2.50. The molecule has 1 aromatic rings. The Morgan fingerprint density at radius 1 is 1.00 bits per heavy atom. The molecule has 3 heteroatoms. The first-order valence-corrected chi connectivity index (χ1v) is 7.75. The number of rotatable bonds is 2. The largest absolute Gasteiger partial charge is 0.465 e. The van der Waals surface area contributed by atoms with Crippen molar-refractivity contribution in [1.82, 2.24) is 0 Å². The van der Waals surface area contributed by atoms with Gasteiger partial charge in [-0.1, -0.05) is 18.0 Å². The number of hydrogen-bond donors (Lipinski definition) is 0. The van der Waals surface area contributed by atoms with Crippen molar-refractivity contribution in [1.29, 1.82) is 0 Å². The van der Waals surface area contributed by atoms with Crippen molar-refractivity contribution < 1.29 is 9.47 Å². The lowest BCUT2D eigenvalue weighted by Crippen LogP contribution is -2.54. The van der Waals surface area contributed by atoms with Gasteiger partial charge in [-0.2, -0.15) is 0 Å². The van der Waals surface area contributed by atoms with Gasteiger partial charge >= 0.3 is 0 Å². The van der Waals surface area contributed by atoms with E-state index in [1.54, 1.807) is 0 Å². The number of hydrogen-bond acceptors (Lipinski definition) is 2. The topological polar surface area (TPSA) is 18.5 Å². The highest BCUT2D eigenvalue weighted by molar-refractivity contribution is 6.30. The molecule has 4 bridgehead atoms. The average Bonchev–Trinajstić information content (AvgIpc) is 2.41. The lowest BCUT2D eigenvalue weighted by atomic mass is 9.64. The summed E-state index contributed by atoms with van der Waals surface area (Å²) in [5.41, 5.74) is 0. The molecule has 2 saturated heterocycles. The predicted octanol–water partition coefficient (Wildman–Crippen LogP) is 4.27. The van der Waals surface area contributed by atoms with Crippen LogP contribution < -0.4 is 4.74 Å². The summed E-state index contributed by atoms with van der Waals surface area (Å²) in [6.45, 7) is 0. The van der Waals surface area contributed by atoms with Crippen LogP contribution in [0.2, 0.25) is 5.02 Å². The number of fused-ring (bicyclic) bond motifs is 1. The summed E-state index contributed by atoms with van der Waals surface area (Å²) in [6, 6.07) is 7.59. The van der Waals surface area contributed by atoms with Crippen molar-refractivity contribution in [3.8, 4) is 5.75 Å². The zero-order valence-electron chi connectivity index (χ0n) is 10.9. The van der Waals surface area contributed by atoms with E-state index in [4.69, 9.17) is 21.1 Å². The molecule has 4 fully saturated rings. The van der Waals surface area contributed by atoms with Crippen molar-refractivity contribution in [2.75, 3.05) is 0 Å². The van der Waals surface area contributed by atoms with E-state index >= 15 is 0 Å². The second kappa shape index (κ2) is 4.68. The quantitative estimate of drug-likeness (QED) is 0.804. The SMILES string of the molecule is Clc1ccc(O[C@@H]2OC3[C@@H]4CCC[C@H]3CC2C4)cc1. The first kappa shape index (κ1) is 12.0. The molecule has 19 heavy (non-hydrogen) atoms. The van der Waals surface area contributed by atoms with E-state index in [-0.39, 0.29) is 6.29 Å². The minimum Gasteiger partial charge on any atom is -0.465 e. The van der Waals surface area contributed by atoms with Crippen molar-refractivity contribution in [3.05, 3.63) is 29.3 Å². The summed E-state index contributed by atoms with van der Waals surface area (Å²) >= 11 is 5.90. The Balaban J connectivity index is 1.48. The molecule has 0 radical (unpaired) electrons. The van der Waals surface area contributed by atoms with Crippen LogP contribution >= 0.6 is 11.6 Å². The summed E-state index contributed by atoms with van der Waals surface area (Å²) < 4.78 is 12.3. The van der Waals surface area contributed by atoms with Gasteiger partial charge in [0.25, 0.3) is 0 Å². The lowest BCUT2D eigenvalue weighted by Gasteiger charge is -2.53. The Labute approximate surface area is 119 Å². The van der Waals surface area contributed by atoms with Gasteiger partial charge in [-0.05, 0) is 61.8 Å². The number of ether oxygens (including phenoxy) is 2. The van der Waals surface area contributed by atoms with Crippen molar-refractivity contribution in [3.63, 3.8) is 0 Å². The maximum absolute atomic E-state index is 6.23. The van der Waals surface area contributed by atoms with E-state index in [1.807, 2.05) is 24.3 Å². The van der Waals surface area contributed by atoms with Crippen molar-refractivity contribution in [2.24, 2.45) is 17.8 Å². The van der Waals surface area contributed by atoms with Gasteiger partial charge in [0.2, 0.25) is 6.29 Å². The van der Waals surface area contributed by atoms with E-state index in [2.05, 4.69) is 0 Å². The van der Waals surface area contributed by atoms with Crippen LogP contribution in [0.5, 0.6) is 5.75 Å². The molecular formula is C16H19ClO2. The third-order valence-electron chi connectivity index (χ3n) is 5.03. The van der Waals surface area contributed by atoms with Gasteiger partial charge in [-0.3, -0.25) is 0 Å². The Morgan fingerprint density at radius 3 is 2.32 bits per heavy atom. The number of halogens is 1. The molecule has 2 unspecified atom stereocenters. The molecule has 2 saturated carbocycles. The van der Waals surface area contributed by atoms with Gasteiger partial charge in [-0.15, -0.1) is 0 Å². The molecule has 5 rings (SSSR count). The maximum atomic E-state index is 6.23. The van der Waals surface area contributed by atoms with E-state index < -0.39 is 0 Å². The highest BCUT2D eigenvalue weighted by Crippen LogP contribution is 2.50. The Bertz CT molecular complexity index is 444. The lowest BCUT2D eigenvalue weighted by molar-refractivity contribution is -0.260. The second-order valence-corrected chi connectivity index (χ2v) is 6.66. The van der Waals surface area contributed by atoms with Gasteiger partial charge in [0.1, 0.15) is 5.75 Å². The summed E-state index contributed by atoms with van der Waals surface area (Å²) in [5.74, 6) is 3.04. The fraction of sp³-hybridized carbons (Fsp3) is 0.625. The van der Waals surface area contributed by atoms with Crippen molar-refractivity contribution in [2.45, 2.75) is 44.5 Å². The molecule has 2 nitrogen and oxygen atoms in total. The van der Waals surface area contributed by atoms with Gasteiger partial charge < -0.3 is 9.47 Å². The van der Waals surface area contributed by atoms with Crippen LogP contribution in [0.4, 0.5) is 0 Å². The summed E-state index contributed by atoms with van der Waals surface area (Å²) in [4.78, 5) is 0. The van der Waals surface area contributed by atoms with Gasteiger partial charge in [0.15, 0.2) is 0 Å². The Kier molecular flexibility index (Phi) is 2.96. The average molecular weight is 279 g/mol. The molecule has 0 aromatic heterocycles. The summed E-state index contributed by atoms with van der Waals surface area (Å²) in [7, 11) is 0. The Morgan fingerprint density at radius 2 is 1.68 bits per heavy atom. The minimum absolute atomic E-state index is 0.0447. The Hall–Kier alpha value is -0.730. The standard InChI is InChI=1S/C16H19ClO2/c17-13-4-6-14(7-5-13)18-16-12-8-10-2-1-3-11(9-12)15(10)19-16/h4-7,10-12,15-16H,1-3,8-9H2/t10-,11+,12?,15?,16-/m1/s1. The fourth-order valence-electron chi connectivity index (χ4n) is 4.22. The van der Waals surface area contributed by atoms with Gasteiger partial charge in [0, 0.05) is 10.9 Å². The molecule has 2 aliphatic carbocycles. The predicted molar refractivity (Wildman–Crippen MR) is 74.3 cm³/mol. The molecule has 0 spiro atoms. The van der Waals surface area contributed by atoms with E-state index in [0.717, 1.165) is 22.6 Å². The molecule has 0 N–H and O–H groups in total. The van der Waals surface area contributed by atoms with Crippen LogP contribution in [0.15, 0.2) is 24.3 Å². The van der Waals surface area contributed by atoms with E-state index in [0.29, 0.717) is 12.0 Å². The van der Waals surface area contributed by atoms with Crippen LogP contribution in [-0.4, -0.2) is 12.4 Å². The van der Waals surface area contributed by atoms with E-state index in [9.17, 15) is 0 Å². The first-order chi connectivity index (χ1) is 9.29. The van der Waals surface area contributed by atoms with Gasteiger partial charge in [0.05, 0.1) is 6.10 Å². The van der Waals surface area contributed by atoms with E-state index in [1.165, 1.54) is 32.1 Å². The van der Waals surface area contributed by atoms with Gasteiger partial charge in [-0.25, -0.2) is 0 Å². The van der Waals surface area contributed by atoms with Crippen LogP contribution in [0, 0.1) is 17.8 Å². The molecular weight excluding hydrogens is 260 g/mol. The smallest absolute Gasteiger partial charge is 0.202 e. The fourth-order valence-corrected chi connectivity index (χ4v) is 4.34.